The van der Waals surface area contributed by atoms with Gasteiger partial charge in [0, 0.05) is 41.9 Å². The first-order valence-electron chi connectivity index (χ1n) is 10.4. The molecule has 3 aromatic rings. The minimum absolute atomic E-state index is 0.112. The molecule has 1 aliphatic heterocycles. The van der Waals surface area contributed by atoms with Crippen molar-refractivity contribution >= 4 is 44.4 Å². The summed E-state index contributed by atoms with van der Waals surface area (Å²) < 4.78 is 6.73. The third kappa shape index (κ3) is 4.73. The van der Waals surface area contributed by atoms with E-state index < -0.39 is 0 Å². The lowest BCUT2D eigenvalue weighted by atomic mass is 10.2. The Kier molecular flexibility index (Phi) is 6.49. The zero-order valence-electron chi connectivity index (χ0n) is 17.6. The Morgan fingerprint density at radius 2 is 1.87 bits per heavy atom. The number of fused-ring (bicyclic) bond motifs is 1. The molecular formula is C23H27N3O2S2. The van der Waals surface area contributed by atoms with Crippen molar-refractivity contribution in [3.63, 3.8) is 0 Å². The maximum absolute atomic E-state index is 12.9. The molecule has 0 atom stereocenters. The zero-order valence-corrected chi connectivity index (χ0v) is 19.3. The number of aromatic nitrogens is 1. The van der Waals surface area contributed by atoms with Crippen molar-refractivity contribution in [2.24, 2.45) is 0 Å². The fourth-order valence-electron chi connectivity index (χ4n) is 3.52. The fraction of sp³-hybridized carbons (Fsp3) is 0.391. The number of benzene rings is 2. The number of thioether (sulfide) groups is 1. The standard InChI is InChI=1S/C23H27N3O2S2/c1-4-28-18-7-10-20-21(15-18)30-23(24-20)26-13-11-25(12-14-26)22(27)17-5-8-19(9-6-17)29-16(2)3/h5-10,15-16H,4,11-14H2,1-3H3. The lowest BCUT2D eigenvalue weighted by Gasteiger charge is -2.34. The molecule has 158 valence electrons. The molecule has 4 rings (SSSR count). The van der Waals surface area contributed by atoms with Gasteiger partial charge in [0.25, 0.3) is 5.91 Å². The van der Waals surface area contributed by atoms with Gasteiger partial charge >= 0.3 is 0 Å². The molecule has 0 unspecified atom stereocenters. The van der Waals surface area contributed by atoms with Gasteiger partial charge in [-0.2, -0.15) is 0 Å². The molecule has 0 radical (unpaired) electrons. The van der Waals surface area contributed by atoms with Crippen LogP contribution in [0.1, 0.15) is 31.1 Å². The van der Waals surface area contributed by atoms with Crippen molar-refractivity contribution in [1.82, 2.24) is 9.88 Å². The summed E-state index contributed by atoms with van der Waals surface area (Å²) in [5.41, 5.74) is 1.76. The second-order valence-corrected chi connectivity index (χ2v) is 10.2. The smallest absolute Gasteiger partial charge is 0.253 e. The van der Waals surface area contributed by atoms with Crippen LogP contribution in [0.15, 0.2) is 47.4 Å². The predicted octanol–water partition coefficient (Wildman–Crippen LogP) is 5.16. The van der Waals surface area contributed by atoms with Gasteiger partial charge in [-0.3, -0.25) is 4.79 Å². The van der Waals surface area contributed by atoms with Crippen molar-refractivity contribution in [1.29, 1.82) is 0 Å². The van der Waals surface area contributed by atoms with Crippen LogP contribution >= 0.6 is 23.1 Å². The molecule has 0 saturated carbocycles. The number of carbonyl (C=O) groups is 1. The highest BCUT2D eigenvalue weighted by Gasteiger charge is 2.24. The Morgan fingerprint density at radius 3 is 2.53 bits per heavy atom. The van der Waals surface area contributed by atoms with Crippen LogP contribution in [0.5, 0.6) is 5.75 Å². The Labute approximate surface area is 186 Å². The maximum Gasteiger partial charge on any atom is 0.253 e. The van der Waals surface area contributed by atoms with E-state index in [0.717, 1.165) is 39.8 Å². The van der Waals surface area contributed by atoms with Crippen LogP contribution in [-0.4, -0.2) is 53.8 Å². The van der Waals surface area contributed by atoms with Crippen LogP contribution in [0.3, 0.4) is 0 Å². The molecule has 2 heterocycles. The summed E-state index contributed by atoms with van der Waals surface area (Å²) in [6.07, 6.45) is 0. The molecule has 0 spiro atoms. The van der Waals surface area contributed by atoms with E-state index in [-0.39, 0.29) is 5.91 Å². The van der Waals surface area contributed by atoms with Crippen LogP contribution in [0, 0.1) is 0 Å². The van der Waals surface area contributed by atoms with Gasteiger partial charge in [-0.25, -0.2) is 4.98 Å². The van der Waals surface area contributed by atoms with Gasteiger partial charge in [0.1, 0.15) is 5.75 Å². The number of thiazole rings is 1. The number of hydrogen-bond donors (Lipinski definition) is 0. The van der Waals surface area contributed by atoms with Gasteiger partial charge < -0.3 is 14.5 Å². The van der Waals surface area contributed by atoms with E-state index >= 15 is 0 Å². The Morgan fingerprint density at radius 1 is 1.13 bits per heavy atom. The van der Waals surface area contributed by atoms with Crippen molar-refractivity contribution in [2.45, 2.75) is 30.9 Å². The van der Waals surface area contributed by atoms with Crippen LogP contribution in [0.4, 0.5) is 5.13 Å². The average Bonchev–Trinajstić information content (AvgIpc) is 3.17. The van der Waals surface area contributed by atoms with Crippen molar-refractivity contribution in [2.75, 3.05) is 37.7 Å². The number of amides is 1. The number of carbonyl (C=O) groups excluding carboxylic acids is 1. The van der Waals surface area contributed by atoms with Gasteiger partial charge in [0.05, 0.1) is 16.8 Å². The molecule has 5 nitrogen and oxygen atoms in total. The van der Waals surface area contributed by atoms with Gasteiger partial charge in [-0.05, 0) is 49.4 Å². The lowest BCUT2D eigenvalue weighted by Crippen LogP contribution is -2.48. The van der Waals surface area contributed by atoms with Gasteiger partial charge in [-0.15, -0.1) is 11.8 Å². The van der Waals surface area contributed by atoms with E-state index in [1.807, 2.05) is 60.0 Å². The van der Waals surface area contributed by atoms with E-state index in [4.69, 9.17) is 9.72 Å². The van der Waals surface area contributed by atoms with E-state index in [0.29, 0.717) is 24.9 Å². The van der Waals surface area contributed by atoms with Gasteiger partial charge in [0.15, 0.2) is 5.13 Å². The average molecular weight is 442 g/mol. The fourth-order valence-corrected chi connectivity index (χ4v) is 5.40. The normalized spacial score (nSPS) is 14.5. The third-order valence-electron chi connectivity index (χ3n) is 4.97. The molecule has 0 N–H and O–H groups in total. The first kappa shape index (κ1) is 21.0. The number of rotatable bonds is 6. The highest BCUT2D eigenvalue weighted by atomic mass is 32.2. The SMILES string of the molecule is CCOc1ccc2nc(N3CCN(C(=O)c4ccc(SC(C)C)cc4)CC3)sc2c1. The zero-order chi connectivity index (χ0) is 21.1. The number of hydrogen-bond acceptors (Lipinski definition) is 6. The first-order chi connectivity index (χ1) is 14.5. The molecule has 30 heavy (non-hydrogen) atoms. The highest BCUT2D eigenvalue weighted by molar-refractivity contribution is 7.99. The second kappa shape index (κ2) is 9.27. The molecule has 1 saturated heterocycles. The Balaban J connectivity index is 1.38. The Bertz CT molecular complexity index is 1010. The molecule has 2 aromatic carbocycles. The summed E-state index contributed by atoms with van der Waals surface area (Å²) in [6, 6.07) is 14.0. The summed E-state index contributed by atoms with van der Waals surface area (Å²) in [5.74, 6) is 0.995. The molecule has 0 aliphatic carbocycles. The molecule has 7 heteroatoms. The molecule has 0 bridgehead atoms. The lowest BCUT2D eigenvalue weighted by molar-refractivity contribution is 0.0746. The van der Waals surface area contributed by atoms with Crippen LogP contribution < -0.4 is 9.64 Å². The molecule has 1 amide bonds. The van der Waals surface area contributed by atoms with E-state index in [9.17, 15) is 4.79 Å². The molecule has 1 fully saturated rings. The summed E-state index contributed by atoms with van der Waals surface area (Å²) in [4.78, 5) is 23.1. The molecular weight excluding hydrogens is 414 g/mol. The summed E-state index contributed by atoms with van der Waals surface area (Å²) in [7, 11) is 0. The molecule has 1 aliphatic rings. The minimum atomic E-state index is 0.112. The van der Waals surface area contributed by atoms with Crippen molar-refractivity contribution < 1.29 is 9.53 Å². The number of anilines is 1. The summed E-state index contributed by atoms with van der Waals surface area (Å²) in [5, 5.41) is 1.55. The van der Waals surface area contributed by atoms with Crippen molar-refractivity contribution in [3.05, 3.63) is 48.0 Å². The van der Waals surface area contributed by atoms with Crippen LogP contribution in [0.25, 0.3) is 10.2 Å². The second-order valence-electron chi connectivity index (χ2n) is 7.53. The summed E-state index contributed by atoms with van der Waals surface area (Å²) >= 11 is 3.50. The van der Waals surface area contributed by atoms with Crippen LogP contribution in [-0.2, 0) is 0 Å². The van der Waals surface area contributed by atoms with Crippen LogP contribution in [0.2, 0.25) is 0 Å². The molecule has 1 aromatic heterocycles. The van der Waals surface area contributed by atoms with Crippen molar-refractivity contribution in [3.8, 4) is 5.75 Å². The van der Waals surface area contributed by atoms with Gasteiger partial charge in [-0.1, -0.05) is 25.2 Å². The van der Waals surface area contributed by atoms with E-state index in [2.05, 4.69) is 24.8 Å². The first-order valence-corrected chi connectivity index (χ1v) is 12.1. The quantitative estimate of drug-likeness (QED) is 0.495. The third-order valence-corrected chi connectivity index (χ3v) is 7.06. The topological polar surface area (TPSA) is 45.7 Å². The number of nitrogens with zero attached hydrogens (tertiary/aromatic N) is 3. The van der Waals surface area contributed by atoms with E-state index in [1.165, 1.54) is 4.90 Å². The predicted molar refractivity (Wildman–Crippen MR) is 126 cm³/mol. The van der Waals surface area contributed by atoms with Gasteiger partial charge in [0.2, 0.25) is 0 Å². The monoisotopic (exact) mass is 441 g/mol. The summed E-state index contributed by atoms with van der Waals surface area (Å²) in [6.45, 7) is 10.0. The maximum atomic E-state index is 12.9. The largest absolute Gasteiger partial charge is 0.494 e. The number of ether oxygens (including phenoxy) is 1. The highest BCUT2D eigenvalue weighted by Crippen LogP contribution is 2.32. The minimum Gasteiger partial charge on any atom is -0.494 e. The Hall–Kier alpha value is -2.25. The van der Waals surface area contributed by atoms with E-state index in [1.54, 1.807) is 11.3 Å². The number of piperazine rings is 1.